The van der Waals surface area contributed by atoms with Crippen LogP contribution >= 0.6 is 0 Å². The minimum absolute atomic E-state index is 0.329. The Morgan fingerprint density at radius 3 is 2.72 bits per heavy atom. The average Bonchev–Trinajstić information content (AvgIpc) is 3.06. The summed E-state index contributed by atoms with van der Waals surface area (Å²) in [6.07, 6.45) is 7.22. The summed E-state index contributed by atoms with van der Waals surface area (Å²) in [6, 6.07) is 14.3. The second-order valence-electron chi connectivity index (χ2n) is 6.46. The minimum Gasteiger partial charge on any atom is -0.383 e. The first-order valence-electron chi connectivity index (χ1n) is 8.52. The molecule has 4 rings (SSSR count). The first-order valence-corrected chi connectivity index (χ1v) is 8.52. The van der Waals surface area contributed by atoms with Gasteiger partial charge in [-0.05, 0) is 36.1 Å². The molecule has 124 valence electrons. The van der Waals surface area contributed by atoms with Crippen LogP contribution in [0.15, 0.2) is 48.8 Å². The van der Waals surface area contributed by atoms with E-state index in [0.717, 1.165) is 35.2 Å². The minimum atomic E-state index is 0.329. The smallest absolute Gasteiger partial charge is 0.142 e. The van der Waals surface area contributed by atoms with E-state index in [0.29, 0.717) is 23.8 Å². The van der Waals surface area contributed by atoms with Crippen molar-refractivity contribution in [3.63, 3.8) is 0 Å². The maximum atomic E-state index is 9.62. The quantitative estimate of drug-likeness (QED) is 0.791. The van der Waals surface area contributed by atoms with Crippen LogP contribution in [0, 0.1) is 11.3 Å². The van der Waals surface area contributed by atoms with E-state index in [1.807, 2.05) is 35.1 Å². The zero-order valence-corrected chi connectivity index (χ0v) is 13.9. The van der Waals surface area contributed by atoms with Gasteiger partial charge in [-0.25, -0.2) is 4.98 Å². The Hall–Kier alpha value is -3.13. The number of hydrogen-bond donors (Lipinski definition) is 1. The van der Waals surface area contributed by atoms with E-state index >= 15 is 0 Å². The zero-order valence-electron chi connectivity index (χ0n) is 13.9. The van der Waals surface area contributed by atoms with Crippen LogP contribution in [0.2, 0.25) is 0 Å². The van der Waals surface area contributed by atoms with E-state index in [1.165, 1.54) is 6.42 Å². The Bertz CT molecular complexity index is 933. The molecule has 0 unspecified atom stereocenters. The highest BCUT2D eigenvalue weighted by molar-refractivity contribution is 5.78. The summed E-state index contributed by atoms with van der Waals surface area (Å²) in [5.41, 5.74) is 10.6. The average molecular weight is 329 g/mol. The number of aromatic nitrogens is 3. The molecule has 2 heterocycles. The van der Waals surface area contributed by atoms with Gasteiger partial charge >= 0.3 is 0 Å². The molecule has 0 bridgehead atoms. The molecule has 1 aliphatic rings. The molecule has 5 nitrogen and oxygen atoms in total. The molecule has 1 aromatic carbocycles. The van der Waals surface area contributed by atoms with Crippen LogP contribution in [0.25, 0.3) is 11.1 Å². The molecule has 0 spiro atoms. The van der Waals surface area contributed by atoms with Crippen molar-refractivity contribution < 1.29 is 0 Å². The van der Waals surface area contributed by atoms with Gasteiger partial charge < -0.3 is 5.73 Å². The lowest BCUT2D eigenvalue weighted by atomic mass is 9.81. The molecular weight excluding hydrogens is 310 g/mol. The molecule has 2 N–H and O–H groups in total. The van der Waals surface area contributed by atoms with Gasteiger partial charge in [-0.15, -0.1) is 0 Å². The van der Waals surface area contributed by atoms with Gasteiger partial charge in [0.2, 0.25) is 0 Å². The summed E-state index contributed by atoms with van der Waals surface area (Å²) in [6.45, 7) is 0.648. The van der Waals surface area contributed by atoms with Gasteiger partial charge in [-0.3, -0.25) is 4.68 Å². The lowest BCUT2D eigenvalue weighted by Gasteiger charge is -2.26. The second-order valence-corrected chi connectivity index (χ2v) is 6.46. The predicted molar refractivity (Wildman–Crippen MR) is 96.7 cm³/mol. The van der Waals surface area contributed by atoms with Gasteiger partial charge in [-0.1, -0.05) is 30.7 Å². The van der Waals surface area contributed by atoms with E-state index in [1.54, 1.807) is 6.20 Å². The third kappa shape index (κ3) is 2.87. The summed E-state index contributed by atoms with van der Waals surface area (Å²) in [7, 11) is 0. The molecule has 1 fully saturated rings. The van der Waals surface area contributed by atoms with Crippen LogP contribution < -0.4 is 5.73 Å². The van der Waals surface area contributed by atoms with Crippen LogP contribution in [0.4, 0.5) is 5.82 Å². The van der Waals surface area contributed by atoms with Crippen molar-refractivity contribution in [2.45, 2.75) is 31.7 Å². The van der Waals surface area contributed by atoms with Gasteiger partial charge in [0.05, 0.1) is 6.54 Å². The summed E-state index contributed by atoms with van der Waals surface area (Å²) in [5.74, 6) is 0.794. The predicted octanol–water partition coefficient (Wildman–Crippen LogP) is 3.71. The molecule has 0 saturated heterocycles. The molecule has 3 aromatic rings. The van der Waals surface area contributed by atoms with E-state index in [2.05, 4.69) is 28.3 Å². The van der Waals surface area contributed by atoms with Crippen molar-refractivity contribution in [3.8, 4) is 17.2 Å². The molecule has 2 aromatic heterocycles. The molecule has 0 atom stereocenters. The lowest BCUT2D eigenvalue weighted by Crippen LogP contribution is -2.13. The fourth-order valence-electron chi connectivity index (χ4n) is 3.32. The highest BCUT2D eigenvalue weighted by Gasteiger charge is 2.24. The van der Waals surface area contributed by atoms with Gasteiger partial charge in [0.15, 0.2) is 0 Å². The van der Waals surface area contributed by atoms with Gasteiger partial charge in [0.25, 0.3) is 0 Å². The van der Waals surface area contributed by atoms with Crippen molar-refractivity contribution in [3.05, 3.63) is 65.6 Å². The highest BCUT2D eigenvalue weighted by Crippen LogP contribution is 2.39. The normalized spacial score (nSPS) is 14.0. The van der Waals surface area contributed by atoms with Crippen molar-refractivity contribution in [2.75, 3.05) is 5.73 Å². The first-order chi connectivity index (χ1) is 12.3. The van der Waals surface area contributed by atoms with Crippen molar-refractivity contribution in [1.82, 2.24) is 14.8 Å². The zero-order chi connectivity index (χ0) is 17.2. The third-order valence-electron chi connectivity index (χ3n) is 4.90. The Kier molecular flexibility index (Phi) is 3.95. The SMILES string of the molecule is N#Cc1c(-c2ccccc2Cn2cccn2)cc(C2CCC2)nc1N. The largest absolute Gasteiger partial charge is 0.383 e. The van der Waals surface area contributed by atoms with Crippen molar-refractivity contribution in [2.24, 2.45) is 0 Å². The third-order valence-corrected chi connectivity index (χ3v) is 4.90. The number of benzene rings is 1. The van der Waals surface area contributed by atoms with E-state index < -0.39 is 0 Å². The molecule has 1 aliphatic carbocycles. The van der Waals surface area contributed by atoms with Gasteiger partial charge in [0, 0.05) is 29.6 Å². The van der Waals surface area contributed by atoms with Crippen LogP contribution in [-0.4, -0.2) is 14.8 Å². The number of anilines is 1. The Balaban J connectivity index is 1.84. The molecular formula is C20H19N5. The first kappa shape index (κ1) is 15.4. The molecule has 1 saturated carbocycles. The molecule has 0 radical (unpaired) electrons. The second kappa shape index (κ2) is 6.40. The molecule has 5 heteroatoms. The van der Waals surface area contributed by atoms with Gasteiger partial charge in [0.1, 0.15) is 17.5 Å². The van der Waals surface area contributed by atoms with Crippen molar-refractivity contribution in [1.29, 1.82) is 5.26 Å². The summed E-state index contributed by atoms with van der Waals surface area (Å²) < 4.78 is 1.88. The fourth-order valence-corrected chi connectivity index (χ4v) is 3.32. The number of pyridine rings is 1. The van der Waals surface area contributed by atoms with E-state index in [4.69, 9.17) is 5.73 Å². The molecule has 25 heavy (non-hydrogen) atoms. The Morgan fingerprint density at radius 2 is 2.04 bits per heavy atom. The Morgan fingerprint density at radius 1 is 1.20 bits per heavy atom. The van der Waals surface area contributed by atoms with Crippen LogP contribution in [0.3, 0.4) is 0 Å². The van der Waals surface area contributed by atoms with Gasteiger partial charge in [-0.2, -0.15) is 10.4 Å². The van der Waals surface area contributed by atoms with E-state index in [-0.39, 0.29) is 0 Å². The number of nitrogens with two attached hydrogens (primary N) is 1. The van der Waals surface area contributed by atoms with Crippen LogP contribution in [0.5, 0.6) is 0 Å². The van der Waals surface area contributed by atoms with Crippen LogP contribution in [0.1, 0.15) is 42.0 Å². The van der Waals surface area contributed by atoms with Crippen molar-refractivity contribution >= 4 is 5.82 Å². The summed E-state index contributed by atoms with van der Waals surface area (Å²) >= 11 is 0. The van der Waals surface area contributed by atoms with E-state index in [9.17, 15) is 5.26 Å². The Labute approximate surface area is 146 Å². The number of hydrogen-bond acceptors (Lipinski definition) is 4. The topological polar surface area (TPSA) is 80.5 Å². The monoisotopic (exact) mass is 329 g/mol. The number of nitrogens with zero attached hydrogens (tertiary/aromatic N) is 4. The fraction of sp³-hybridized carbons (Fsp3) is 0.250. The number of rotatable bonds is 4. The van der Waals surface area contributed by atoms with Crippen LogP contribution in [-0.2, 0) is 6.54 Å². The maximum Gasteiger partial charge on any atom is 0.142 e. The lowest BCUT2D eigenvalue weighted by molar-refractivity contribution is 0.411. The summed E-state index contributed by atoms with van der Waals surface area (Å²) in [5, 5.41) is 13.9. The summed E-state index contributed by atoms with van der Waals surface area (Å²) in [4.78, 5) is 4.50. The highest BCUT2D eigenvalue weighted by atomic mass is 15.3. The number of nitriles is 1. The molecule has 0 aliphatic heterocycles. The molecule has 0 amide bonds. The standard InChI is InChI=1S/C20H19N5/c21-12-18-17(11-19(24-20(18)22)14-6-3-7-14)16-8-2-1-5-15(16)13-25-10-4-9-23-25/h1-2,4-5,8-11,14H,3,6-7,13H2,(H2,22,24). The number of nitrogen functional groups attached to an aromatic ring is 1. The maximum absolute atomic E-state index is 9.62.